The van der Waals surface area contributed by atoms with E-state index in [2.05, 4.69) is 23.2 Å². The number of piperidine rings is 1. The Labute approximate surface area is 166 Å². The van der Waals surface area contributed by atoms with Gasteiger partial charge >= 0.3 is 0 Å². The summed E-state index contributed by atoms with van der Waals surface area (Å²) in [7, 11) is 0. The van der Waals surface area contributed by atoms with Crippen LogP contribution in [0.4, 0.5) is 11.4 Å². The minimum absolute atomic E-state index is 0.00558. The first-order chi connectivity index (χ1) is 13.2. The molecule has 5 heteroatoms. The van der Waals surface area contributed by atoms with Crippen LogP contribution in [-0.2, 0) is 11.2 Å². The molecular formula is C22H27N3OS. The third-order valence-electron chi connectivity index (χ3n) is 4.56. The molecule has 0 spiro atoms. The van der Waals surface area contributed by atoms with E-state index in [-0.39, 0.29) is 5.91 Å². The molecule has 0 radical (unpaired) electrons. The number of hydrogen-bond donors (Lipinski definition) is 1. The Hall–Kier alpha value is -2.27. The molecule has 0 bridgehead atoms. The Bertz CT molecular complexity index is 770. The van der Waals surface area contributed by atoms with Gasteiger partial charge in [0.05, 0.1) is 11.4 Å². The van der Waals surface area contributed by atoms with Crippen molar-refractivity contribution in [2.24, 2.45) is 4.99 Å². The maximum absolute atomic E-state index is 12.4. The number of anilines is 1. The van der Waals surface area contributed by atoms with Crippen LogP contribution in [0.1, 0.15) is 31.7 Å². The van der Waals surface area contributed by atoms with Crippen molar-refractivity contribution in [1.82, 2.24) is 4.90 Å². The van der Waals surface area contributed by atoms with Crippen LogP contribution < -0.4 is 5.32 Å². The molecule has 0 atom stereocenters. The molecule has 1 N–H and O–H groups in total. The summed E-state index contributed by atoms with van der Waals surface area (Å²) in [6.07, 6.45) is 4.60. The smallest absolute Gasteiger partial charge is 0.234 e. The van der Waals surface area contributed by atoms with Crippen molar-refractivity contribution in [3.8, 4) is 0 Å². The average Bonchev–Trinajstić information content (AvgIpc) is 2.72. The zero-order valence-electron chi connectivity index (χ0n) is 15.9. The Balaban J connectivity index is 1.64. The molecule has 1 aliphatic rings. The summed E-state index contributed by atoms with van der Waals surface area (Å²) < 4.78 is 0. The minimum atomic E-state index is 0.00558. The second-order valence-electron chi connectivity index (χ2n) is 6.67. The van der Waals surface area contributed by atoms with Crippen LogP contribution in [0, 0.1) is 0 Å². The molecule has 27 heavy (non-hydrogen) atoms. The van der Waals surface area contributed by atoms with Gasteiger partial charge in [-0.25, -0.2) is 4.99 Å². The van der Waals surface area contributed by atoms with Crippen LogP contribution in [0.25, 0.3) is 0 Å². The van der Waals surface area contributed by atoms with Gasteiger partial charge < -0.3 is 10.2 Å². The molecule has 1 fully saturated rings. The van der Waals surface area contributed by atoms with Crippen LogP contribution in [-0.4, -0.2) is 34.8 Å². The van der Waals surface area contributed by atoms with Gasteiger partial charge in [-0.2, -0.15) is 0 Å². The number of carbonyl (C=O) groups is 1. The largest absolute Gasteiger partial charge is 0.351 e. The van der Waals surface area contributed by atoms with E-state index >= 15 is 0 Å². The number of carbonyl (C=O) groups excluding carboxylic acids is 1. The van der Waals surface area contributed by atoms with Gasteiger partial charge in [0.1, 0.15) is 0 Å². The molecule has 142 valence electrons. The van der Waals surface area contributed by atoms with E-state index in [1.807, 2.05) is 48.5 Å². The maximum atomic E-state index is 12.4. The third kappa shape index (κ3) is 6.14. The van der Waals surface area contributed by atoms with Gasteiger partial charge in [0.15, 0.2) is 5.17 Å². The third-order valence-corrected chi connectivity index (χ3v) is 5.57. The lowest BCUT2D eigenvalue weighted by Gasteiger charge is -2.29. The fraction of sp³-hybridized carbons (Fsp3) is 0.364. The number of aliphatic imine (C=N–C) groups is 1. The molecule has 1 amide bonds. The van der Waals surface area contributed by atoms with Crippen LogP contribution >= 0.6 is 11.8 Å². The lowest BCUT2D eigenvalue weighted by atomic mass is 10.1. The standard InChI is InChI=1S/C22H27N3OS/c1-2-18-10-9-13-20(16-18)23-21(26)17-27-22(25-14-7-4-8-15-25)24-19-11-5-3-6-12-19/h3,5-6,9-13,16H,2,4,7-8,14-15,17H2,1H3,(H,23,26). The van der Waals surface area contributed by atoms with E-state index in [4.69, 9.17) is 4.99 Å². The van der Waals surface area contributed by atoms with Crippen molar-refractivity contribution >= 4 is 34.2 Å². The van der Waals surface area contributed by atoms with Gasteiger partial charge in [0, 0.05) is 18.8 Å². The van der Waals surface area contributed by atoms with Gasteiger partial charge in [0.2, 0.25) is 5.91 Å². The zero-order valence-corrected chi connectivity index (χ0v) is 16.7. The first kappa shape index (κ1) is 19.5. The van der Waals surface area contributed by atoms with Crippen LogP contribution in [0.2, 0.25) is 0 Å². The monoisotopic (exact) mass is 381 g/mol. The van der Waals surface area contributed by atoms with Crippen LogP contribution in [0.3, 0.4) is 0 Å². The SMILES string of the molecule is CCc1cccc(NC(=O)CSC(=Nc2ccccc2)N2CCCCC2)c1. The summed E-state index contributed by atoms with van der Waals surface area (Å²) in [6, 6.07) is 18.0. The van der Waals surface area contributed by atoms with Gasteiger partial charge in [-0.3, -0.25) is 4.79 Å². The number of rotatable bonds is 5. The molecule has 1 heterocycles. The lowest BCUT2D eigenvalue weighted by molar-refractivity contribution is -0.113. The van der Waals surface area contributed by atoms with Crippen LogP contribution in [0.15, 0.2) is 59.6 Å². The number of nitrogens with one attached hydrogen (secondary N) is 1. The zero-order chi connectivity index (χ0) is 18.9. The number of aryl methyl sites for hydroxylation is 1. The van der Waals surface area contributed by atoms with Crippen molar-refractivity contribution in [3.05, 3.63) is 60.2 Å². The number of benzene rings is 2. The quantitative estimate of drug-likeness (QED) is 0.579. The van der Waals surface area contributed by atoms with E-state index in [1.54, 1.807) is 0 Å². The van der Waals surface area contributed by atoms with E-state index in [9.17, 15) is 4.79 Å². The average molecular weight is 382 g/mol. The van der Waals surface area contributed by atoms with E-state index in [1.165, 1.54) is 36.6 Å². The minimum Gasteiger partial charge on any atom is -0.351 e. The molecule has 0 unspecified atom stereocenters. The van der Waals surface area contributed by atoms with E-state index < -0.39 is 0 Å². The Morgan fingerprint density at radius 1 is 1.07 bits per heavy atom. The summed E-state index contributed by atoms with van der Waals surface area (Å²) in [5, 5.41) is 3.95. The Kier molecular flexibility index (Phi) is 7.34. The van der Waals surface area contributed by atoms with E-state index in [0.717, 1.165) is 36.1 Å². The highest BCUT2D eigenvalue weighted by molar-refractivity contribution is 8.14. The van der Waals surface area contributed by atoms with Crippen molar-refractivity contribution in [3.63, 3.8) is 0 Å². The predicted octanol–water partition coefficient (Wildman–Crippen LogP) is 5.09. The van der Waals surface area contributed by atoms with Crippen molar-refractivity contribution in [2.45, 2.75) is 32.6 Å². The molecule has 1 saturated heterocycles. The second kappa shape index (κ2) is 10.2. The van der Waals surface area contributed by atoms with Gasteiger partial charge in [-0.15, -0.1) is 0 Å². The Morgan fingerprint density at radius 2 is 1.85 bits per heavy atom. The fourth-order valence-corrected chi connectivity index (χ4v) is 3.96. The molecule has 4 nitrogen and oxygen atoms in total. The summed E-state index contributed by atoms with van der Waals surface area (Å²) in [5.74, 6) is 0.365. The van der Waals surface area contributed by atoms with Gasteiger partial charge in [-0.1, -0.05) is 49.0 Å². The highest BCUT2D eigenvalue weighted by Crippen LogP contribution is 2.21. The molecule has 0 saturated carbocycles. The number of likely N-dealkylation sites (tertiary alicyclic amines) is 1. The molecule has 0 aliphatic carbocycles. The summed E-state index contributed by atoms with van der Waals surface area (Å²) in [4.78, 5) is 19.6. The number of hydrogen-bond acceptors (Lipinski definition) is 3. The summed E-state index contributed by atoms with van der Waals surface area (Å²) >= 11 is 1.52. The fourth-order valence-electron chi connectivity index (χ4n) is 3.09. The summed E-state index contributed by atoms with van der Waals surface area (Å²) in [5.41, 5.74) is 3.01. The first-order valence-electron chi connectivity index (χ1n) is 9.65. The van der Waals surface area contributed by atoms with Crippen molar-refractivity contribution < 1.29 is 4.79 Å². The molecule has 0 aromatic heterocycles. The molecule has 2 aromatic rings. The maximum Gasteiger partial charge on any atom is 0.234 e. The number of thioether (sulfide) groups is 1. The number of amidine groups is 1. The topological polar surface area (TPSA) is 44.7 Å². The highest BCUT2D eigenvalue weighted by atomic mass is 32.2. The summed E-state index contributed by atoms with van der Waals surface area (Å²) in [6.45, 7) is 4.14. The van der Waals surface area contributed by atoms with Crippen molar-refractivity contribution in [1.29, 1.82) is 0 Å². The number of para-hydroxylation sites is 1. The highest BCUT2D eigenvalue weighted by Gasteiger charge is 2.17. The number of nitrogens with zero attached hydrogens (tertiary/aromatic N) is 2. The number of amides is 1. The van der Waals surface area contributed by atoms with Gasteiger partial charge in [0.25, 0.3) is 0 Å². The van der Waals surface area contributed by atoms with Gasteiger partial charge in [-0.05, 0) is 55.5 Å². The molecular weight excluding hydrogens is 354 g/mol. The van der Waals surface area contributed by atoms with E-state index in [0.29, 0.717) is 5.75 Å². The molecule has 2 aromatic carbocycles. The second-order valence-corrected chi connectivity index (χ2v) is 7.61. The molecule has 3 rings (SSSR count). The Morgan fingerprint density at radius 3 is 2.59 bits per heavy atom. The van der Waals surface area contributed by atoms with Crippen LogP contribution in [0.5, 0.6) is 0 Å². The predicted molar refractivity (Wildman–Crippen MR) is 116 cm³/mol. The normalized spacial score (nSPS) is 14.9. The van der Waals surface area contributed by atoms with Crippen molar-refractivity contribution in [2.75, 3.05) is 24.2 Å². The lowest BCUT2D eigenvalue weighted by Crippen LogP contribution is -2.34. The first-order valence-corrected chi connectivity index (χ1v) is 10.6. The molecule has 1 aliphatic heterocycles.